The van der Waals surface area contributed by atoms with E-state index in [4.69, 9.17) is 5.73 Å². The van der Waals surface area contributed by atoms with Gasteiger partial charge in [0.2, 0.25) is 5.91 Å². The molecule has 1 aliphatic carbocycles. The maximum absolute atomic E-state index is 10.8. The molecule has 3 heteroatoms. The molecule has 3 N–H and O–H groups in total. The van der Waals surface area contributed by atoms with Gasteiger partial charge in [0.15, 0.2) is 0 Å². The van der Waals surface area contributed by atoms with Gasteiger partial charge >= 0.3 is 0 Å². The van der Waals surface area contributed by atoms with Crippen LogP contribution >= 0.6 is 0 Å². The number of nitrogens with two attached hydrogens (primary N) is 1. The van der Waals surface area contributed by atoms with Crippen molar-refractivity contribution in [1.29, 1.82) is 0 Å². The van der Waals surface area contributed by atoms with E-state index in [-0.39, 0.29) is 5.91 Å². The van der Waals surface area contributed by atoms with Crippen LogP contribution in [0.4, 0.5) is 0 Å². The standard InChI is InChI=1S/C12H16N2O/c13-12(15)11-5-3-10(4-6-11)8-14-7-9-1-2-9/h3-6,9,14H,1-2,7-8H2,(H2,13,15). The Morgan fingerprint density at radius 1 is 1.33 bits per heavy atom. The fraction of sp³-hybridized carbons (Fsp3) is 0.417. The number of rotatable bonds is 5. The molecule has 1 saturated carbocycles. The molecule has 0 heterocycles. The SMILES string of the molecule is NC(=O)c1ccc(CNCC2CC2)cc1. The highest BCUT2D eigenvalue weighted by molar-refractivity contribution is 5.92. The van der Waals surface area contributed by atoms with Crippen LogP contribution in [0.2, 0.25) is 0 Å². The summed E-state index contributed by atoms with van der Waals surface area (Å²) in [5.74, 6) is 0.530. The average molecular weight is 204 g/mol. The normalized spacial score (nSPS) is 15.2. The van der Waals surface area contributed by atoms with Gasteiger partial charge in [0.05, 0.1) is 0 Å². The molecular weight excluding hydrogens is 188 g/mol. The van der Waals surface area contributed by atoms with Crippen LogP contribution < -0.4 is 11.1 Å². The van der Waals surface area contributed by atoms with Crippen molar-refractivity contribution >= 4 is 5.91 Å². The van der Waals surface area contributed by atoms with Crippen LogP contribution in [0, 0.1) is 5.92 Å². The lowest BCUT2D eigenvalue weighted by Crippen LogP contribution is -2.16. The molecule has 0 unspecified atom stereocenters. The summed E-state index contributed by atoms with van der Waals surface area (Å²) >= 11 is 0. The molecule has 2 rings (SSSR count). The summed E-state index contributed by atoms with van der Waals surface area (Å²) in [6.45, 7) is 1.98. The fourth-order valence-electron chi connectivity index (χ4n) is 1.53. The number of nitrogens with one attached hydrogen (secondary N) is 1. The lowest BCUT2D eigenvalue weighted by molar-refractivity contribution is 0.100. The minimum absolute atomic E-state index is 0.368. The van der Waals surface area contributed by atoms with Crippen molar-refractivity contribution in [3.05, 3.63) is 35.4 Å². The van der Waals surface area contributed by atoms with Crippen LogP contribution in [0.1, 0.15) is 28.8 Å². The molecule has 1 aromatic rings. The number of benzene rings is 1. The number of carbonyl (C=O) groups excluding carboxylic acids is 1. The Labute approximate surface area is 89.7 Å². The third kappa shape index (κ3) is 3.06. The lowest BCUT2D eigenvalue weighted by Gasteiger charge is -2.04. The molecule has 0 radical (unpaired) electrons. The first-order valence-electron chi connectivity index (χ1n) is 5.35. The molecule has 1 amide bonds. The van der Waals surface area contributed by atoms with Crippen LogP contribution in [0.25, 0.3) is 0 Å². The van der Waals surface area contributed by atoms with E-state index in [0.29, 0.717) is 5.56 Å². The molecule has 1 aromatic carbocycles. The molecule has 0 spiro atoms. The third-order valence-electron chi connectivity index (χ3n) is 2.70. The van der Waals surface area contributed by atoms with Gasteiger partial charge < -0.3 is 11.1 Å². The van der Waals surface area contributed by atoms with Gasteiger partial charge in [0, 0.05) is 12.1 Å². The molecule has 0 atom stereocenters. The van der Waals surface area contributed by atoms with E-state index in [9.17, 15) is 4.79 Å². The number of hydrogen-bond donors (Lipinski definition) is 2. The molecule has 0 aromatic heterocycles. The minimum Gasteiger partial charge on any atom is -0.366 e. The van der Waals surface area contributed by atoms with E-state index >= 15 is 0 Å². The van der Waals surface area contributed by atoms with Crippen LogP contribution in [0.5, 0.6) is 0 Å². The van der Waals surface area contributed by atoms with Crippen LogP contribution in [-0.2, 0) is 6.54 Å². The average Bonchev–Trinajstić information content (AvgIpc) is 3.02. The van der Waals surface area contributed by atoms with Gasteiger partial charge in [-0.25, -0.2) is 0 Å². The molecule has 1 fully saturated rings. The van der Waals surface area contributed by atoms with E-state index in [2.05, 4.69) is 5.32 Å². The fourth-order valence-corrected chi connectivity index (χ4v) is 1.53. The van der Waals surface area contributed by atoms with E-state index < -0.39 is 0 Å². The maximum atomic E-state index is 10.8. The highest BCUT2D eigenvalue weighted by Gasteiger charge is 2.19. The first-order chi connectivity index (χ1) is 7.25. The zero-order valence-corrected chi connectivity index (χ0v) is 8.70. The molecule has 0 saturated heterocycles. The Morgan fingerprint density at radius 3 is 2.53 bits per heavy atom. The Morgan fingerprint density at radius 2 is 2.00 bits per heavy atom. The third-order valence-corrected chi connectivity index (χ3v) is 2.70. The van der Waals surface area contributed by atoms with Crippen LogP contribution in [0.15, 0.2) is 24.3 Å². The number of carbonyl (C=O) groups is 1. The van der Waals surface area contributed by atoms with E-state index in [1.807, 2.05) is 12.1 Å². The Kier molecular flexibility index (Phi) is 3.02. The molecular formula is C12H16N2O. The molecule has 0 bridgehead atoms. The Hall–Kier alpha value is -1.35. The van der Waals surface area contributed by atoms with Gasteiger partial charge in [-0.05, 0) is 43.0 Å². The largest absolute Gasteiger partial charge is 0.366 e. The summed E-state index contributed by atoms with van der Waals surface area (Å²) in [7, 11) is 0. The second-order valence-corrected chi connectivity index (χ2v) is 4.14. The van der Waals surface area contributed by atoms with Crippen molar-refractivity contribution in [1.82, 2.24) is 5.32 Å². The van der Waals surface area contributed by atoms with Gasteiger partial charge in [-0.1, -0.05) is 12.1 Å². The molecule has 15 heavy (non-hydrogen) atoms. The zero-order chi connectivity index (χ0) is 10.7. The molecule has 0 aliphatic heterocycles. The van der Waals surface area contributed by atoms with Crippen molar-refractivity contribution in [2.75, 3.05) is 6.54 Å². The first kappa shape index (κ1) is 10.2. The lowest BCUT2D eigenvalue weighted by atomic mass is 10.1. The smallest absolute Gasteiger partial charge is 0.248 e. The second kappa shape index (κ2) is 4.45. The van der Waals surface area contributed by atoms with Gasteiger partial charge in [0.1, 0.15) is 0 Å². The van der Waals surface area contributed by atoms with Crippen molar-refractivity contribution in [3.8, 4) is 0 Å². The van der Waals surface area contributed by atoms with Crippen molar-refractivity contribution in [2.24, 2.45) is 11.7 Å². The Bertz CT molecular complexity index is 341. The maximum Gasteiger partial charge on any atom is 0.248 e. The summed E-state index contributed by atoms with van der Waals surface area (Å²) in [6.07, 6.45) is 2.74. The van der Waals surface area contributed by atoms with Crippen LogP contribution in [-0.4, -0.2) is 12.5 Å². The molecule has 3 nitrogen and oxygen atoms in total. The Balaban J connectivity index is 1.83. The zero-order valence-electron chi connectivity index (χ0n) is 8.70. The summed E-state index contributed by atoms with van der Waals surface area (Å²) in [5, 5.41) is 3.40. The molecule has 1 aliphatic rings. The van der Waals surface area contributed by atoms with Gasteiger partial charge in [-0.15, -0.1) is 0 Å². The monoisotopic (exact) mass is 204 g/mol. The first-order valence-corrected chi connectivity index (χ1v) is 5.35. The van der Waals surface area contributed by atoms with E-state index in [0.717, 1.165) is 19.0 Å². The highest BCUT2D eigenvalue weighted by Crippen LogP contribution is 2.27. The quantitative estimate of drug-likeness (QED) is 0.759. The van der Waals surface area contributed by atoms with Crippen molar-refractivity contribution in [2.45, 2.75) is 19.4 Å². The van der Waals surface area contributed by atoms with E-state index in [1.54, 1.807) is 12.1 Å². The van der Waals surface area contributed by atoms with Crippen LogP contribution in [0.3, 0.4) is 0 Å². The van der Waals surface area contributed by atoms with Gasteiger partial charge in [-0.2, -0.15) is 0 Å². The molecule has 80 valence electrons. The summed E-state index contributed by atoms with van der Waals surface area (Å²) < 4.78 is 0. The summed E-state index contributed by atoms with van der Waals surface area (Å²) in [6, 6.07) is 7.44. The predicted molar refractivity (Wildman–Crippen MR) is 59.4 cm³/mol. The topological polar surface area (TPSA) is 55.1 Å². The predicted octanol–water partition coefficient (Wildman–Crippen LogP) is 1.29. The number of amides is 1. The minimum atomic E-state index is -0.368. The number of hydrogen-bond acceptors (Lipinski definition) is 2. The van der Waals surface area contributed by atoms with Crippen molar-refractivity contribution < 1.29 is 4.79 Å². The highest BCUT2D eigenvalue weighted by atomic mass is 16.1. The van der Waals surface area contributed by atoms with Gasteiger partial charge in [0.25, 0.3) is 0 Å². The van der Waals surface area contributed by atoms with Gasteiger partial charge in [-0.3, -0.25) is 4.79 Å². The number of primary amides is 1. The van der Waals surface area contributed by atoms with Crippen molar-refractivity contribution in [3.63, 3.8) is 0 Å². The van der Waals surface area contributed by atoms with E-state index in [1.165, 1.54) is 18.4 Å². The summed E-state index contributed by atoms with van der Waals surface area (Å²) in [4.78, 5) is 10.8. The second-order valence-electron chi connectivity index (χ2n) is 4.14. The summed E-state index contributed by atoms with van der Waals surface area (Å²) in [5.41, 5.74) is 6.92.